The molecule has 1 heterocycles. The van der Waals surface area contributed by atoms with Gasteiger partial charge in [0.05, 0.1) is 0 Å². The molecule has 6 heteroatoms. The number of nitrogen functional groups attached to an aromatic ring is 1. The van der Waals surface area contributed by atoms with Crippen molar-refractivity contribution in [3.05, 3.63) is 47.7 Å². The van der Waals surface area contributed by atoms with E-state index < -0.39 is 5.91 Å². The molecule has 4 N–H and O–H groups in total. The lowest BCUT2D eigenvalue weighted by Gasteiger charge is -2.22. The van der Waals surface area contributed by atoms with Crippen LogP contribution in [0.4, 0.5) is 11.5 Å². The zero-order chi connectivity index (χ0) is 15.2. The molecule has 1 amide bonds. The number of amides is 1. The highest BCUT2D eigenvalue weighted by atomic mass is 16.1. The predicted molar refractivity (Wildman–Crippen MR) is 82.7 cm³/mol. The number of rotatable bonds is 6. The molecule has 0 aliphatic rings. The summed E-state index contributed by atoms with van der Waals surface area (Å²) in [5, 5.41) is 7.93. The van der Waals surface area contributed by atoms with E-state index in [1.165, 1.54) is 0 Å². The average Bonchev–Trinajstić information content (AvgIpc) is 2.49. The first kappa shape index (κ1) is 14.8. The third-order valence-corrected chi connectivity index (χ3v) is 3.07. The fraction of sp³-hybridized carbons (Fsp3) is 0.267. The Hall–Kier alpha value is -2.63. The summed E-state index contributed by atoms with van der Waals surface area (Å²) in [6.45, 7) is 3.65. The second-order valence-corrected chi connectivity index (χ2v) is 4.80. The summed E-state index contributed by atoms with van der Waals surface area (Å²) >= 11 is 0. The molecule has 0 bridgehead atoms. The molecule has 21 heavy (non-hydrogen) atoms. The van der Waals surface area contributed by atoms with Crippen molar-refractivity contribution in [2.75, 3.05) is 17.2 Å². The molecule has 0 aliphatic carbocycles. The van der Waals surface area contributed by atoms with E-state index in [-0.39, 0.29) is 5.69 Å². The van der Waals surface area contributed by atoms with Crippen molar-refractivity contribution in [2.24, 2.45) is 5.73 Å². The van der Waals surface area contributed by atoms with Gasteiger partial charge in [-0.05, 0) is 36.2 Å². The summed E-state index contributed by atoms with van der Waals surface area (Å²) in [6.07, 6.45) is 0.980. The number of anilines is 2. The molecule has 2 aromatic rings. The third kappa shape index (κ3) is 3.92. The number of benzene rings is 1. The van der Waals surface area contributed by atoms with Crippen molar-refractivity contribution in [2.45, 2.75) is 19.9 Å². The molecular formula is C15H19N5O. The van der Waals surface area contributed by atoms with E-state index in [1.54, 1.807) is 12.1 Å². The lowest BCUT2D eigenvalue weighted by atomic mass is 10.2. The van der Waals surface area contributed by atoms with Crippen LogP contribution in [0, 0.1) is 0 Å². The Kier molecular flexibility index (Phi) is 4.71. The quantitative estimate of drug-likeness (QED) is 0.785. The monoisotopic (exact) mass is 285 g/mol. The molecular weight excluding hydrogens is 266 g/mol. The minimum absolute atomic E-state index is 0.169. The van der Waals surface area contributed by atoms with E-state index in [0.29, 0.717) is 6.54 Å². The maximum atomic E-state index is 11.0. The lowest BCUT2D eigenvalue weighted by Crippen LogP contribution is -2.25. The Bertz CT molecular complexity index is 594. The number of aromatic nitrogens is 2. The topological polar surface area (TPSA) is 98.1 Å². The summed E-state index contributed by atoms with van der Waals surface area (Å²) in [6, 6.07) is 11.1. The molecule has 0 fully saturated rings. The van der Waals surface area contributed by atoms with Gasteiger partial charge in [0.2, 0.25) is 0 Å². The number of hydrogen-bond donors (Lipinski definition) is 2. The summed E-state index contributed by atoms with van der Waals surface area (Å²) in [7, 11) is 0. The fourth-order valence-electron chi connectivity index (χ4n) is 2.01. The molecule has 0 saturated heterocycles. The van der Waals surface area contributed by atoms with Crippen LogP contribution in [-0.2, 0) is 6.54 Å². The van der Waals surface area contributed by atoms with E-state index in [1.807, 2.05) is 24.3 Å². The second-order valence-electron chi connectivity index (χ2n) is 4.80. The summed E-state index contributed by atoms with van der Waals surface area (Å²) in [5.74, 6) is 0.147. The summed E-state index contributed by atoms with van der Waals surface area (Å²) in [4.78, 5) is 13.1. The van der Waals surface area contributed by atoms with Crippen LogP contribution in [0.1, 0.15) is 29.4 Å². The Balaban J connectivity index is 2.17. The maximum absolute atomic E-state index is 11.0. The van der Waals surface area contributed by atoms with Gasteiger partial charge in [-0.25, -0.2) is 0 Å². The standard InChI is InChI=1S/C15H19N5O/c1-2-9-20(10-11-3-5-12(16)6-4-11)14-8-7-13(15(17)21)18-19-14/h3-8H,2,9-10,16H2,1H3,(H2,17,21). The lowest BCUT2D eigenvalue weighted by molar-refractivity contribution is 0.0994. The molecule has 1 aromatic carbocycles. The van der Waals surface area contributed by atoms with E-state index in [2.05, 4.69) is 22.0 Å². The molecule has 0 spiro atoms. The Labute approximate surface area is 123 Å². The van der Waals surface area contributed by atoms with Gasteiger partial charge in [0.1, 0.15) is 0 Å². The van der Waals surface area contributed by atoms with Gasteiger partial charge in [0.15, 0.2) is 11.5 Å². The molecule has 1 aromatic heterocycles. The zero-order valence-corrected chi connectivity index (χ0v) is 12.0. The number of hydrogen-bond acceptors (Lipinski definition) is 5. The van der Waals surface area contributed by atoms with Gasteiger partial charge in [0, 0.05) is 18.8 Å². The maximum Gasteiger partial charge on any atom is 0.269 e. The largest absolute Gasteiger partial charge is 0.399 e. The fourth-order valence-corrected chi connectivity index (χ4v) is 2.01. The highest BCUT2D eigenvalue weighted by Crippen LogP contribution is 2.15. The van der Waals surface area contributed by atoms with Gasteiger partial charge in [-0.15, -0.1) is 10.2 Å². The van der Waals surface area contributed by atoms with Crippen LogP contribution >= 0.6 is 0 Å². The Morgan fingerprint density at radius 1 is 1.14 bits per heavy atom. The Morgan fingerprint density at radius 2 is 1.86 bits per heavy atom. The second kappa shape index (κ2) is 6.69. The van der Waals surface area contributed by atoms with Crippen LogP contribution in [0.15, 0.2) is 36.4 Å². The number of carbonyl (C=O) groups is 1. The van der Waals surface area contributed by atoms with Crippen LogP contribution in [-0.4, -0.2) is 22.6 Å². The first-order valence-electron chi connectivity index (χ1n) is 6.83. The number of primary amides is 1. The molecule has 2 rings (SSSR count). The van der Waals surface area contributed by atoms with Gasteiger partial charge in [0.25, 0.3) is 5.91 Å². The number of nitrogens with two attached hydrogens (primary N) is 2. The predicted octanol–water partition coefficient (Wildman–Crippen LogP) is 1.57. The number of carbonyl (C=O) groups excluding carboxylic acids is 1. The van der Waals surface area contributed by atoms with Crippen molar-refractivity contribution in [1.82, 2.24) is 10.2 Å². The normalized spacial score (nSPS) is 10.3. The van der Waals surface area contributed by atoms with Gasteiger partial charge in [-0.2, -0.15) is 0 Å². The summed E-state index contributed by atoms with van der Waals surface area (Å²) < 4.78 is 0. The molecule has 6 nitrogen and oxygen atoms in total. The molecule has 0 saturated carbocycles. The van der Waals surface area contributed by atoms with E-state index in [9.17, 15) is 4.79 Å². The van der Waals surface area contributed by atoms with E-state index >= 15 is 0 Å². The van der Waals surface area contributed by atoms with Gasteiger partial charge < -0.3 is 16.4 Å². The first-order chi connectivity index (χ1) is 10.1. The van der Waals surface area contributed by atoms with Crippen molar-refractivity contribution in [3.8, 4) is 0 Å². The molecule has 0 radical (unpaired) electrons. The molecule has 0 atom stereocenters. The van der Waals surface area contributed by atoms with Crippen molar-refractivity contribution in [3.63, 3.8) is 0 Å². The van der Waals surface area contributed by atoms with Crippen molar-refractivity contribution in [1.29, 1.82) is 0 Å². The van der Waals surface area contributed by atoms with E-state index in [4.69, 9.17) is 11.5 Å². The van der Waals surface area contributed by atoms with Gasteiger partial charge in [-0.3, -0.25) is 4.79 Å². The van der Waals surface area contributed by atoms with Crippen LogP contribution in [0.2, 0.25) is 0 Å². The molecule has 110 valence electrons. The van der Waals surface area contributed by atoms with Gasteiger partial charge >= 0.3 is 0 Å². The van der Waals surface area contributed by atoms with Crippen LogP contribution in [0.5, 0.6) is 0 Å². The summed E-state index contributed by atoms with van der Waals surface area (Å²) in [5.41, 5.74) is 12.9. The number of nitrogens with zero attached hydrogens (tertiary/aromatic N) is 3. The van der Waals surface area contributed by atoms with Crippen LogP contribution in [0.3, 0.4) is 0 Å². The molecule has 0 aliphatic heterocycles. The SMILES string of the molecule is CCCN(Cc1ccc(N)cc1)c1ccc(C(N)=O)nn1. The van der Waals surface area contributed by atoms with Crippen LogP contribution in [0.25, 0.3) is 0 Å². The van der Waals surface area contributed by atoms with Gasteiger partial charge in [-0.1, -0.05) is 19.1 Å². The minimum atomic E-state index is -0.574. The van der Waals surface area contributed by atoms with Crippen molar-refractivity contribution >= 4 is 17.4 Å². The highest BCUT2D eigenvalue weighted by molar-refractivity contribution is 5.90. The Morgan fingerprint density at radius 3 is 2.38 bits per heavy atom. The zero-order valence-electron chi connectivity index (χ0n) is 12.0. The highest BCUT2D eigenvalue weighted by Gasteiger charge is 2.10. The van der Waals surface area contributed by atoms with Crippen molar-refractivity contribution < 1.29 is 4.79 Å². The molecule has 0 unspecified atom stereocenters. The third-order valence-electron chi connectivity index (χ3n) is 3.07. The minimum Gasteiger partial charge on any atom is -0.399 e. The smallest absolute Gasteiger partial charge is 0.269 e. The average molecular weight is 285 g/mol. The van der Waals surface area contributed by atoms with Crippen LogP contribution < -0.4 is 16.4 Å². The van der Waals surface area contributed by atoms with E-state index in [0.717, 1.165) is 30.0 Å². The first-order valence-corrected chi connectivity index (χ1v) is 6.83.